The highest BCUT2D eigenvalue weighted by atomic mass is 32.2. The predicted molar refractivity (Wildman–Crippen MR) is 72.2 cm³/mol. The van der Waals surface area contributed by atoms with Gasteiger partial charge in [0.1, 0.15) is 5.75 Å². The number of carbonyl (C=O) groups excluding carboxylic acids is 1. The number of fused-ring (bicyclic) bond motifs is 1. The molecule has 94 valence electrons. The summed E-state index contributed by atoms with van der Waals surface area (Å²) in [7, 11) is 0. The van der Waals surface area contributed by atoms with E-state index in [0.717, 1.165) is 35.2 Å². The summed E-state index contributed by atoms with van der Waals surface area (Å²) in [6.07, 6.45) is 0.723. The third kappa shape index (κ3) is 2.22. The molecule has 1 amide bonds. The summed E-state index contributed by atoms with van der Waals surface area (Å²) in [5, 5.41) is 3.66. The second-order valence-electron chi connectivity index (χ2n) is 4.25. The molecular formula is C13H14N2O2S. The number of para-hydroxylation sites is 1. The number of hydrogen-bond donors (Lipinski definition) is 1. The first kappa shape index (κ1) is 11.6. The van der Waals surface area contributed by atoms with E-state index in [1.165, 1.54) is 0 Å². The van der Waals surface area contributed by atoms with Gasteiger partial charge in [0.25, 0.3) is 0 Å². The average Bonchev–Trinajstić information content (AvgIpc) is 2.91. The van der Waals surface area contributed by atoms with Crippen molar-refractivity contribution in [3.05, 3.63) is 29.8 Å². The fourth-order valence-electron chi connectivity index (χ4n) is 2.22. The van der Waals surface area contributed by atoms with Gasteiger partial charge in [-0.15, -0.1) is 0 Å². The predicted octanol–water partition coefficient (Wildman–Crippen LogP) is 1.77. The minimum Gasteiger partial charge on any atom is -0.493 e. The Morgan fingerprint density at radius 1 is 1.44 bits per heavy atom. The molecule has 0 fully saturated rings. The van der Waals surface area contributed by atoms with Gasteiger partial charge in [0, 0.05) is 11.3 Å². The number of nitrogens with one attached hydrogen (secondary N) is 1. The first-order valence-electron chi connectivity index (χ1n) is 6.04. The van der Waals surface area contributed by atoms with Gasteiger partial charge in [-0.3, -0.25) is 9.79 Å². The smallest absolute Gasteiger partial charge is 0.233 e. The van der Waals surface area contributed by atoms with Crippen molar-refractivity contribution < 1.29 is 9.53 Å². The first-order chi connectivity index (χ1) is 8.84. The van der Waals surface area contributed by atoms with Gasteiger partial charge in [-0.2, -0.15) is 0 Å². The van der Waals surface area contributed by atoms with Crippen LogP contribution in [0.3, 0.4) is 0 Å². The summed E-state index contributed by atoms with van der Waals surface area (Å²) in [4.78, 5) is 16.5. The van der Waals surface area contributed by atoms with E-state index >= 15 is 0 Å². The summed E-state index contributed by atoms with van der Waals surface area (Å²) in [5.74, 6) is 1.68. The van der Waals surface area contributed by atoms with Crippen LogP contribution in [0.1, 0.15) is 17.9 Å². The molecule has 3 rings (SSSR count). The minimum atomic E-state index is -0.126. The van der Waals surface area contributed by atoms with Crippen molar-refractivity contribution in [1.82, 2.24) is 5.32 Å². The third-order valence-electron chi connectivity index (χ3n) is 3.09. The molecule has 18 heavy (non-hydrogen) atoms. The number of rotatable bonds is 1. The number of benzene rings is 1. The zero-order chi connectivity index (χ0) is 12.4. The van der Waals surface area contributed by atoms with Crippen LogP contribution in [-0.4, -0.2) is 30.0 Å². The van der Waals surface area contributed by atoms with E-state index in [0.29, 0.717) is 6.61 Å². The molecule has 2 aliphatic heterocycles. The molecule has 1 atom stereocenters. The van der Waals surface area contributed by atoms with Crippen molar-refractivity contribution in [2.45, 2.75) is 12.3 Å². The number of amides is 1. The Morgan fingerprint density at radius 3 is 3.17 bits per heavy atom. The summed E-state index contributed by atoms with van der Waals surface area (Å²) in [5.41, 5.74) is 0.977. The molecule has 1 N–H and O–H groups in total. The minimum absolute atomic E-state index is 0.0268. The molecule has 1 aromatic carbocycles. The van der Waals surface area contributed by atoms with Crippen molar-refractivity contribution in [3.8, 4) is 5.75 Å². The van der Waals surface area contributed by atoms with Gasteiger partial charge in [-0.05, 0) is 12.5 Å². The average molecular weight is 262 g/mol. The zero-order valence-corrected chi connectivity index (χ0v) is 10.7. The number of nitrogens with zero attached hydrogens (tertiary/aromatic N) is 1. The second kappa shape index (κ2) is 5.02. The van der Waals surface area contributed by atoms with Crippen molar-refractivity contribution in [3.63, 3.8) is 0 Å². The molecule has 2 heterocycles. The largest absolute Gasteiger partial charge is 0.493 e. The van der Waals surface area contributed by atoms with Gasteiger partial charge in [0.2, 0.25) is 5.91 Å². The lowest BCUT2D eigenvalue weighted by Gasteiger charge is -2.24. The summed E-state index contributed by atoms with van der Waals surface area (Å²) < 4.78 is 5.56. The van der Waals surface area contributed by atoms with Crippen LogP contribution in [0.2, 0.25) is 0 Å². The highest BCUT2D eigenvalue weighted by molar-refractivity contribution is 8.14. The molecule has 0 saturated heterocycles. The molecular weight excluding hydrogens is 248 g/mol. The van der Waals surface area contributed by atoms with E-state index in [1.54, 1.807) is 11.8 Å². The number of thioether (sulfide) groups is 1. The van der Waals surface area contributed by atoms with Crippen LogP contribution in [0.4, 0.5) is 0 Å². The van der Waals surface area contributed by atoms with Crippen LogP contribution < -0.4 is 10.1 Å². The van der Waals surface area contributed by atoms with Crippen molar-refractivity contribution in [2.24, 2.45) is 4.99 Å². The number of hydrogen-bond acceptors (Lipinski definition) is 4. The lowest BCUT2D eigenvalue weighted by atomic mass is 9.92. The maximum absolute atomic E-state index is 12.3. The molecule has 4 nitrogen and oxygen atoms in total. The van der Waals surface area contributed by atoms with Crippen LogP contribution in [0, 0.1) is 0 Å². The molecule has 0 aliphatic carbocycles. The zero-order valence-electron chi connectivity index (χ0n) is 9.89. The molecule has 0 spiro atoms. The number of aliphatic imine (C=N–C) groups is 1. The van der Waals surface area contributed by atoms with Crippen molar-refractivity contribution in [1.29, 1.82) is 0 Å². The van der Waals surface area contributed by atoms with Crippen molar-refractivity contribution in [2.75, 3.05) is 18.9 Å². The van der Waals surface area contributed by atoms with E-state index in [2.05, 4.69) is 10.3 Å². The molecule has 0 bridgehead atoms. The van der Waals surface area contributed by atoms with Crippen LogP contribution in [0.15, 0.2) is 29.3 Å². The van der Waals surface area contributed by atoms with Gasteiger partial charge in [-0.25, -0.2) is 0 Å². The van der Waals surface area contributed by atoms with Crippen LogP contribution in [0.25, 0.3) is 0 Å². The van der Waals surface area contributed by atoms with Crippen LogP contribution in [0.5, 0.6) is 5.75 Å². The van der Waals surface area contributed by atoms with E-state index in [9.17, 15) is 4.79 Å². The normalized spacial score (nSPS) is 21.8. The van der Waals surface area contributed by atoms with Crippen LogP contribution >= 0.6 is 11.8 Å². The fourth-order valence-corrected chi connectivity index (χ4v) is 2.95. The highest BCUT2D eigenvalue weighted by Crippen LogP contribution is 2.33. The number of carbonyl (C=O) groups is 1. The Hall–Kier alpha value is -1.49. The second-order valence-corrected chi connectivity index (χ2v) is 5.34. The van der Waals surface area contributed by atoms with Gasteiger partial charge >= 0.3 is 0 Å². The van der Waals surface area contributed by atoms with Crippen LogP contribution in [-0.2, 0) is 4.79 Å². The third-order valence-corrected chi connectivity index (χ3v) is 3.98. The van der Waals surface area contributed by atoms with E-state index in [1.807, 2.05) is 24.3 Å². The number of ether oxygens (including phenoxy) is 1. The van der Waals surface area contributed by atoms with E-state index < -0.39 is 0 Å². The summed E-state index contributed by atoms with van der Waals surface area (Å²) in [6, 6.07) is 7.74. The molecule has 1 unspecified atom stereocenters. The molecule has 2 aliphatic rings. The Labute approximate surface area is 110 Å². The number of amidine groups is 1. The molecule has 0 saturated carbocycles. The van der Waals surface area contributed by atoms with Gasteiger partial charge in [-0.1, -0.05) is 30.0 Å². The molecule has 0 aromatic heterocycles. The fraction of sp³-hybridized carbons (Fsp3) is 0.385. The Kier molecular flexibility index (Phi) is 3.23. The quantitative estimate of drug-likeness (QED) is 0.839. The lowest BCUT2D eigenvalue weighted by molar-refractivity contribution is -0.121. The first-order valence-corrected chi connectivity index (χ1v) is 7.03. The topological polar surface area (TPSA) is 50.7 Å². The molecule has 1 aromatic rings. The lowest BCUT2D eigenvalue weighted by Crippen LogP contribution is -2.34. The maximum Gasteiger partial charge on any atom is 0.233 e. The summed E-state index contributed by atoms with van der Waals surface area (Å²) in [6.45, 7) is 1.39. The Balaban J connectivity index is 1.78. The standard InChI is InChI=1S/C13H14N2O2S/c16-12(15-13-14-6-8-18-13)10-5-7-17-11-4-2-1-3-9(10)11/h1-4,10H,5-8H2,(H,14,15,16). The maximum atomic E-state index is 12.3. The Bertz CT molecular complexity index is 502. The van der Waals surface area contributed by atoms with Gasteiger partial charge < -0.3 is 10.1 Å². The highest BCUT2D eigenvalue weighted by Gasteiger charge is 2.28. The molecule has 5 heteroatoms. The van der Waals surface area contributed by atoms with Crippen molar-refractivity contribution >= 4 is 22.8 Å². The monoisotopic (exact) mass is 262 g/mol. The van der Waals surface area contributed by atoms with E-state index in [4.69, 9.17) is 4.74 Å². The van der Waals surface area contributed by atoms with E-state index in [-0.39, 0.29) is 11.8 Å². The molecule has 0 radical (unpaired) electrons. The van der Waals surface area contributed by atoms with Gasteiger partial charge in [0.15, 0.2) is 5.17 Å². The van der Waals surface area contributed by atoms with Gasteiger partial charge in [0.05, 0.1) is 19.1 Å². The SMILES string of the molecule is O=C(NC1=NCCS1)C1CCOc2ccccc21. The Morgan fingerprint density at radius 2 is 2.33 bits per heavy atom. The summed E-state index contributed by atoms with van der Waals surface area (Å²) >= 11 is 1.60.